The zero-order valence-electron chi connectivity index (χ0n) is 10.5. The molecule has 1 rings (SSSR count). The highest BCUT2D eigenvalue weighted by atomic mass is 79.9. The van der Waals surface area contributed by atoms with Gasteiger partial charge in [0.15, 0.2) is 0 Å². The van der Waals surface area contributed by atoms with Gasteiger partial charge in [-0.05, 0) is 53.5 Å². The number of aliphatic hydroxyl groups excluding tert-OH is 2. The van der Waals surface area contributed by atoms with Crippen molar-refractivity contribution in [2.24, 2.45) is 0 Å². The molecule has 1 atom stereocenters. The second kappa shape index (κ2) is 8.48. The summed E-state index contributed by atoms with van der Waals surface area (Å²) in [6.45, 7) is 3.57. The molecule has 1 aromatic carbocycles. The molecule has 18 heavy (non-hydrogen) atoms. The van der Waals surface area contributed by atoms with E-state index in [-0.39, 0.29) is 13.2 Å². The summed E-state index contributed by atoms with van der Waals surface area (Å²) in [6, 6.07) is 5.82. The highest BCUT2D eigenvalue weighted by Gasteiger charge is 2.06. The molecule has 1 aromatic rings. The van der Waals surface area contributed by atoms with Crippen LogP contribution >= 0.6 is 15.9 Å². The third-order valence-corrected chi connectivity index (χ3v) is 3.03. The first-order chi connectivity index (χ1) is 8.63. The first-order valence-corrected chi connectivity index (χ1v) is 6.81. The molecule has 102 valence electrons. The minimum absolute atomic E-state index is 0.163. The number of aliphatic hydroxyl groups is 2. The van der Waals surface area contributed by atoms with Crippen LogP contribution in [0.3, 0.4) is 0 Å². The predicted molar refractivity (Wildman–Crippen MR) is 75.0 cm³/mol. The van der Waals surface area contributed by atoms with Crippen molar-refractivity contribution in [3.63, 3.8) is 0 Å². The Bertz CT molecular complexity index is 360. The Morgan fingerprint density at radius 1 is 1.44 bits per heavy atom. The van der Waals surface area contributed by atoms with E-state index in [1.807, 2.05) is 25.1 Å². The smallest absolute Gasteiger partial charge is 0.133 e. The van der Waals surface area contributed by atoms with Gasteiger partial charge in [-0.1, -0.05) is 6.07 Å². The highest BCUT2D eigenvalue weighted by Crippen LogP contribution is 2.25. The molecule has 0 radical (unpaired) electrons. The molecule has 0 aliphatic carbocycles. The summed E-state index contributed by atoms with van der Waals surface area (Å²) in [5, 5.41) is 21.3. The van der Waals surface area contributed by atoms with Crippen LogP contribution in [-0.2, 0) is 0 Å². The average molecular weight is 318 g/mol. The van der Waals surface area contributed by atoms with Crippen molar-refractivity contribution in [1.82, 2.24) is 5.32 Å². The lowest BCUT2D eigenvalue weighted by molar-refractivity contribution is 0.105. The number of aryl methyl sites for hydroxylation is 1. The Kier molecular flexibility index (Phi) is 7.27. The van der Waals surface area contributed by atoms with E-state index in [9.17, 15) is 5.11 Å². The zero-order valence-corrected chi connectivity index (χ0v) is 12.1. The summed E-state index contributed by atoms with van der Waals surface area (Å²) in [5.41, 5.74) is 1.15. The molecule has 0 spiro atoms. The Balaban J connectivity index is 2.27. The third-order valence-electron chi connectivity index (χ3n) is 2.41. The van der Waals surface area contributed by atoms with Crippen LogP contribution in [0.4, 0.5) is 0 Å². The van der Waals surface area contributed by atoms with Gasteiger partial charge in [0.1, 0.15) is 18.5 Å². The number of ether oxygens (including phenoxy) is 1. The van der Waals surface area contributed by atoms with Gasteiger partial charge < -0.3 is 20.3 Å². The molecule has 0 aromatic heterocycles. The quantitative estimate of drug-likeness (QED) is 0.635. The van der Waals surface area contributed by atoms with Crippen LogP contribution in [-0.4, -0.2) is 42.6 Å². The third kappa shape index (κ3) is 5.82. The number of rotatable bonds is 8. The number of hydrogen-bond acceptors (Lipinski definition) is 4. The number of nitrogens with one attached hydrogen (secondary N) is 1. The molecule has 5 heteroatoms. The normalized spacial score (nSPS) is 12.4. The molecule has 0 amide bonds. The summed E-state index contributed by atoms with van der Waals surface area (Å²) in [4.78, 5) is 0. The van der Waals surface area contributed by atoms with E-state index in [0.717, 1.165) is 15.8 Å². The number of halogens is 1. The van der Waals surface area contributed by atoms with Crippen LogP contribution in [0.1, 0.15) is 12.0 Å². The van der Waals surface area contributed by atoms with Crippen molar-refractivity contribution in [2.45, 2.75) is 19.4 Å². The Hall–Kier alpha value is -0.620. The van der Waals surface area contributed by atoms with E-state index in [0.29, 0.717) is 19.5 Å². The fraction of sp³-hybridized carbons (Fsp3) is 0.538. The first kappa shape index (κ1) is 15.4. The molecular weight excluding hydrogens is 298 g/mol. The first-order valence-electron chi connectivity index (χ1n) is 6.02. The Labute approximate surface area is 116 Å². The maximum absolute atomic E-state index is 9.69. The minimum Gasteiger partial charge on any atom is -0.490 e. The summed E-state index contributed by atoms with van der Waals surface area (Å²) in [6.07, 6.45) is 0.133. The van der Waals surface area contributed by atoms with Gasteiger partial charge in [0.05, 0.1) is 4.47 Å². The van der Waals surface area contributed by atoms with Gasteiger partial charge in [-0.3, -0.25) is 0 Å². The fourth-order valence-corrected chi connectivity index (χ4v) is 2.05. The average Bonchev–Trinajstić information content (AvgIpc) is 2.33. The van der Waals surface area contributed by atoms with E-state index >= 15 is 0 Å². The molecule has 1 unspecified atom stereocenters. The monoisotopic (exact) mass is 317 g/mol. The highest BCUT2D eigenvalue weighted by molar-refractivity contribution is 9.10. The maximum atomic E-state index is 9.69. The molecule has 0 fully saturated rings. The topological polar surface area (TPSA) is 61.7 Å². The molecule has 0 saturated heterocycles. The standard InChI is InChI=1S/C13H20BrNO3/c1-10-3-4-13(12(14)7-10)18-9-11(17)8-15-5-2-6-16/h3-4,7,11,15-17H,2,5-6,8-9H2,1H3. The molecule has 0 saturated carbocycles. The molecule has 3 N–H and O–H groups in total. The van der Waals surface area contributed by atoms with Crippen molar-refractivity contribution >= 4 is 15.9 Å². The second-order valence-electron chi connectivity index (χ2n) is 4.18. The van der Waals surface area contributed by atoms with Crippen LogP contribution in [0.15, 0.2) is 22.7 Å². The zero-order chi connectivity index (χ0) is 13.4. The predicted octanol–water partition coefficient (Wildman–Crippen LogP) is 1.47. The van der Waals surface area contributed by atoms with Crippen molar-refractivity contribution in [3.8, 4) is 5.75 Å². The van der Waals surface area contributed by atoms with Crippen LogP contribution in [0, 0.1) is 6.92 Å². The van der Waals surface area contributed by atoms with Gasteiger partial charge in [-0.25, -0.2) is 0 Å². The SMILES string of the molecule is Cc1ccc(OCC(O)CNCCCO)c(Br)c1. The van der Waals surface area contributed by atoms with E-state index in [1.54, 1.807) is 0 Å². The van der Waals surface area contributed by atoms with E-state index in [4.69, 9.17) is 9.84 Å². The summed E-state index contributed by atoms with van der Waals surface area (Å²) in [5.74, 6) is 0.731. The molecule has 4 nitrogen and oxygen atoms in total. The van der Waals surface area contributed by atoms with Crippen LogP contribution < -0.4 is 10.1 Å². The van der Waals surface area contributed by atoms with Gasteiger partial charge in [0.25, 0.3) is 0 Å². The largest absolute Gasteiger partial charge is 0.490 e. The van der Waals surface area contributed by atoms with Crippen LogP contribution in [0.25, 0.3) is 0 Å². The molecule has 0 bridgehead atoms. The van der Waals surface area contributed by atoms with Crippen LogP contribution in [0.5, 0.6) is 5.75 Å². The van der Waals surface area contributed by atoms with Crippen molar-refractivity contribution in [1.29, 1.82) is 0 Å². The van der Waals surface area contributed by atoms with E-state index in [1.165, 1.54) is 0 Å². The molecule has 0 aliphatic rings. The van der Waals surface area contributed by atoms with Gasteiger partial charge in [-0.15, -0.1) is 0 Å². The minimum atomic E-state index is -0.558. The summed E-state index contributed by atoms with van der Waals surface area (Å²) >= 11 is 3.42. The molecule has 0 aliphatic heterocycles. The Morgan fingerprint density at radius 3 is 2.89 bits per heavy atom. The van der Waals surface area contributed by atoms with Crippen molar-refractivity contribution < 1.29 is 14.9 Å². The van der Waals surface area contributed by atoms with E-state index in [2.05, 4.69) is 21.2 Å². The van der Waals surface area contributed by atoms with Gasteiger partial charge in [0, 0.05) is 13.2 Å². The van der Waals surface area contributed by atoms with Gasteiger partial charge in [0.2, 0.25) is 0 Å². The molecular formula is C13H20BrNO3. The van der Waals surface area contributed by atoms with Gasteiger partial charge >= 0.3 is 0 Å². The maximum Gasteiger partial charge on any atom is 0.133 e. The Morgan fingerprint density at radius 2 is 2.22 bits per heavy atom. The van der Waals surface area contributed by atoms with E-state index < -0.39 is 6.10 Å². The number of hydrogen-bond donors (Lipinski definition) is 3. The van der Waals surface area contributed by atoms with Crippen molar-refractivity contribution in [2.75, 3.05) is 26.3 Å². The number of benzene rings is 1. The summed E-state index contributed by atoms with van der Waals surface area (Å²) in [7, 11) is 0. The van der Waals surface area contributed by atoms with Crippen molar-refractivity contribution in [3.05, 3.63) is 28.2 Å². The lowest BCUT2D eigenvalue weighted by Crippen LogP contribution is -2.32. The van der Waals surface area contributed by atoms with Gasteiger partial charge in [-0.2, -0.15) is 0 Å². The van der Waals surface area contributed by atoms with Crippen LogP contribution in [0.2, 0.25) is 0 Å². The molecule has 0 heterocycles. The lowest BCUT2D eigenvalue weighted by atomic mass is 10.2. The fourth-order valence-electron chi connectivity index (χ4n) is 1.44. The summed E-state index contributed by atoms with van der Waals surface area (Å²) < 4.78 is 6.42. The second-order valence-corrected chi connectivity index (χ2v) is 5.03. The lowest BCUT2D eigenvalue weighted by Gasteiger charge is -2.14.